The first-order valence-electron chi connectivity index (χ1n) is 6.77. The van der Waals surface area contributed by atoms with Crippen LogP contribution in [-0.4, -0.2) is 35.8 Å². The van der Waals surface area contributed by atoms with Gasteiger partial charge < -0.3 is 10.2 Å². The summed E-state index contributed by atoms with van der Waals surface area (Å²) in [6.45, 7) is 2.68. The zero-order valence-corrected chi connectivity index (χ0v) is 10.6. The van der Waals surface area contributed by atoms with Crippen LogP contribution in [0.1, 0.15) is 45.4 Å². The first kappa shape index (κ1) is 12.4. The number of piperazine rings is 1. The Bertz CT molecular complexity index is 296. The smallest absolute Gasteiger partial charge is 0.242 e. The van der Waals surface area contributed by atoms with Gasteiger partial charge in [0.2, 0.25) is 11.8 Å². The van der Waals surface area contributed by atoms with Crippen LogP contribution in [-0.2, 0) is 9.59 Å². The van der Waals surface area contributed by atoms with Gasteiger partial charge >= 0.3 is 0 Å². The van der Waals surface area contributed by atoms with Crippen LogP contribution in [0, 0.1) is 5.92 Å². The molecule has 0 spiro atoms. The maximum absolute atomic E-state index is 11.8. The first-order valence-corrected chi connectivity index (χ1v) is 6.77. The number of nitrogens with one attached hydrogen (secondary N) is 1. The van der Waals surface area contributed by atoms with Crippen molar-refractivity contribution in [2.75, 3.05) is 13.1 Å². The van der Waals surface area contributed by atoms with E-state index in [2.05, 4.69) is 12.2 Å². The summed E-state index contributed by atoms with van der Waals surface area (Å²) in [7, 11) is 0. The van der Waals surface area contributed by atoms with Gasteiger partial charge in [-0.25, -0.2) is 0 Å². The number of nitrogens with zero attached hydrogens (tertiary/aromatic N) is 1. The fourth-order valence-corrected chi connectivity index (χ4v) is 3.06. The van der Waals surface area contributed by atoms with Crippen LogP contribution in [0.5, 0.6) is 0 Å². The fraction of sp³-hybridized carbons (Fsp3) is 0.846. The molecule has 0 aromatic heterocycles. The molecule has 0 unspecified atom stereocenters. The molecule has 0 atom stereocenters. The Morgan fingerprint density at radius 3 is 2.59 bits per heavy atom. The van der Waals surface area contributed by atoms with Crippen LogP contribution in [0.2, 0.25) is 0 Å². The van der Waals surface area contributed by atoms with Crippen molar-refractivity contribution < 1.29 is 9.59 Å². The van der Waals surface area contributed by atoms with Crippen LogP contribution >= 0.6 is 0 Å². The lowest BCUT2D eigenvalue weighted by Gasteiger charge is -2.38. The van der Waals surface area contributed by atoms with E-state index in [9.17, 15) is 9.59 Å². The van der Waals surface area contributed by atoms with Crippen LogP contribution in [0.25, 0.3) is 0 Å². The minimum Gasteiger partial charge on any atom is -0.345 e. The van der Waals surface area contributed by atoms with Crippen molar-refractivity contribution in [3.63, 3.8) is 0 Å². The van der Waals surface area contributed by atoms with E-state index in [-0.39, 0.29) is 24.9 Å². The third-order valence-corrected chi connectivity index (χ3v) is 4.03. The molecule has 1 aliphatic heterocycles. The number of amides is 2. The molecule has 2 rings (SSSR count). The fourth-order valence-electron chi connectivity index (χ4n) is 3.06. The summed E-state index contributed by atoms with van der Waals surface area (Å²) in [4.78, 5) is 24.9. The van der Waals surface area contributed by atoms with Gasteiger partial charge in [0.05, 0.1) is 13.1 Å². The van der Waals surface area contributed by atoms with Gasteiger partial charge in [-0.2, -0.15) is 0 Å². The summed E-state index contributed by atoms with van der Waals surface area (Å²) in [5, 5.41) is 2.60. The maximum atomic E-state index is 11.8. The molecule has 1 N–H and O–H groups in total. The molecule has 0 aromatic carbocycles. The van der Waals surface area contributed by atoms with Gasteiger partial charge in [0.25, 0.3) is 0 Å². The summed E-state index contributed by atoms with van der Waals surface area (Å²) in [5.41, 5.74) is 0. The lowest BCUT2D eigenvalue weighted by molar-refractivity contribution is -0.143. The van der Waals surface area contributed by atoms with Gasteiger partial charge in [0.15, 0.2) is 0 Å². The topological polar surface area (TPSA) is 49.4 Å². The molecule has 4 heteroatoms. The SMILES string of the molecule is CCCC1CCC(N2CC(=O)NCC2=O)CC1. The number of hydrogen-bond acceptors (Lipinski definition) is 2. The maximum Gasteiger partial charge on any atom is 0.242 e. The summed E-state index contributed by atoms with van der Waals surface area (Å²) in [6.07, 6.45) is 7.13. The van der Waals surface area contributed by atoms with Crippen molar-refractivity contribution in [2.24, 2.45) is 5.92 Å². The standard InChI is InChI=1S/C13H22N2O2/c1-2-3-10-4-6-11(7-5-10)15-9-12(16)14-8-13(15)17/h10-11H,2-9H2,1H3,(H,14,16). The van der Waals surface area contributed by atoms with E-state index < -0.39 is 0 Å². The predicted octanol–water partition coefficient (Wildman–Crippen LogP) is 1.30. The molecule has 2 fully saturated rings. The third-order valence-electron chi connectivity index (χ3n) is 4.03. The molecule has 96 valence electrons. The molecule has 0 aromatic rings. The Balaban J connectivity index is 1.87. The lowest BCUT2D eigenvalue weighted by Crippen LogP contribution is -2.55. The van der Waals surface area contributed by atoms with Gasteiger partial charge in [-0.15, -0.1) is 0 Å². The van der Waals surface area contributed by atoms with Crippen molar-refractivity contribution in [1.82, 2.24) is 10.2 Å². The number of carbonyl (C=O) groups is 2. The molecule has 17 heavy (non-hydrogen) atoms. The molecular formula is C13H22N2O2. The van der Waals surface area contributed by atoms with Crippen molar-refractivity contribution in [3.05, 3.63) is 0 Å². The van der Waals surface area contributed by atoms with E-state index in [4.69, 9.17) is 0 Å². The first-order chi connectivity index (χ1) is 8.20. The molecule has 1 aliphatic carbocycles. The Labute approximate surface area is 103 Å². The average molecular weight is 238 g/mol. The lowest BCUT2D eigenvalue weighted by atomic mass is 9.83. The van der Waals surface area contributed by atoms with Gasteiger partial charge in [-0.05, 0) is 31.6 Å². The van der Waals surface area contributed by atoms with Crippen molar-refractivity contribution >= 4 is 11.8 Å². The Kier molecular flexibility index (Phi) is 4.02. The highest BCUT2D eigenvalue weighted by Crippen LogP contribution is 2.30. The van der Waals surface area contributed by atoms with Gasteiger partial charge in [0, 0.05) is 6.04 Å². The van der Waals surface area contributed by atoms with Crippen LogP contribution in [0.4, 0.5) is 0 Å². The van der Waals surface area contributed by atoms with Gasteiger partial charge in [0.1, 0.15) is 0 Å². The zero-order valence-electron chi connectivity index (χ0n) is 10.6. The van der Waals surface area contributed by atoms with E-state index >= 15 is 0 Å². The van der Waals surface area contributed by atoms with Crippen LogP contribution < -0.4 is 5.32 Å². The quantitative estimate of drug-likeness (QED) is 0.805. The van der Waals surface area contributed by atoms with E-state index in [1.54, 1.807) is 4.90 Å². The molecular weight excluding hydrogens is 216 g/mol. The van der Waals surface area contributed by atoms with E-state index in [1.807, 2.05) is 0 Å². The van der Waals surface area contributed by atoms with Gasteiger partial charge in [-0.1, -0.05) is 19.8 Å². The van der Waals surface area contributed by atoms with Crippen molar-refractivity contribution in [3.8, 4) is 0 Å². The van der Waals surface area contributed by atoms with E-state index in [0.29, 0.717) is 6.04 Å². The minimum absolute atomic E-state index is 0.0136. The molecule has 2 amide bonds. The highest BCUT2D eigenvalue weighted by molar-refractivity contribution is 5.92. The molecule has 0 bridgehead atoms. The second kappa shape index (κ2) is 5.52. The molecule has 0 radical (unpaired) electrons. The third kappa shape index (κ3) is 2.99. The molecule has 2 aliphatic rings. The van der Waals surface area contributed by atoms with Crippen LogP contribution in [0.15, 0.2) is 0 Å². The normalized spacial score (nSPS) is 30.3. The summed E-state index contributed by atoms with van der Waals surface area (Å²) in [5.74, 6) is 0.911. The Morgan fingerprint density at radius 2 is 1.94 bits per heavy atom. The molecule has 1 saturated carbocycles. The zero-order chi connectivity index (χ0) is 12.3. The second-order valence-electron chi connectivity index (χ2n) is 5.26. The minimum atomic E-state index is -0.0136. The average Bonchev–Trinajstić information content (AvgIpc) is 2.34. The largest absolute Gasteiger partial charge is 0.345 e. The number of hydrogen-bond donors (Lipinski definition) is 1. The van der Waals surface area contributed by atoms with E-state index in [0.717, 1.165) is 18.8 Å². The highest BCUT2D eigenvalue weighted by atomic mass is 16.2. The summed E-state index contributed by atoms with van der Waals surface area (Å²) >= 11 is 0. The number of rotatable bonds is 3. The number of carbonyl (C=O) groups excluding carboxylic acids is 2. The molecule has 4 nitrogen and oxygen atoms in total. The highest BCUT2D eigenvalue weighted by Gasteiger charge is 2.32. The Morgan fingerprint density at radius 1 is 1.24 bits per heavy atom. The Hall–Kier alpha value is -1.06. The second-order valence-corrected chi connectivity index (χ2v) is 5.26. The molecule has 1 saturated heterocycles. The summed E-state index contributed by atoms with van der Waals surface area (Å²) < 4.78 is 0. The van der Waals surface area contributed by atoms with Crippen molar-refractivity contribution in [1.29, 1.82) is 0 Å². The van der Waals surface area contributed by atoms with Gasteiger partial charge in [-0.3, -0.25) is 9.59 Å². The monoisotopic (exact) mass is 238 g/mol. The van der Waals surface area contributed by atoms with E-state index in [1.165, 1.54) is 25.7 Å². The van der Waals surface area contributed by atoms with Crippen molar-refractivity contribution in [2.45, 2.75) is 51.5 Å². The van der Waals surface area contributed by atoms with Crippen LogP contribution in [0.3, 0.4) is 0 Å². The summed E-state index contributed by atoms with van der Waals surface area (Å²) in [6, 6.07) is 0.307. The predicted molar refractivity (Wildman–Crippen MR) is 65.4 cm³/mol. The molecule has 1 heterocycles.